The molecule has 0 bridgehead atoms. The Morgan fingerprint density at radius 3 is 2.29 bits per heavy atom. The Kier molecular flexibility index (Phi) is 7.81. The van der Waals surface area contributed by atoms with Gasteiger partial charge >= 0.3 is 5.97 Å². The molecule has 4 rings (SSSR count). The number of anilines is 1. The lowest BCUT2D eigenvalue weighted by atomic mass is 9.94. The highest BCUT2D eigenvalue weighted by molar-refractivity contribution is 6.51. The van der Waals surface area contributed by atoms with E-state index >= 15 is 0 Å². The molecule has 1 atom stereocenters. The maximum atomic E-state index is 13.4. The van der Waals surface area contributed by atoms with Crippen LogP contribution in [0.2, 0.25) is 0 Å². The van der Waals surface area contributed by atoms with Crippen molar-refractivity contribution in [3.05, 3.63) is 94.6 Å². The number of aliphatic hydroxyl groups excluding tert-OH is 1. The molecule has 8 heteroatoms. The molecule has 0 radical (unpaired) electrons. The Labute approximate surface area is 221 Å². The van der Waals surface area contributed by atoms with Crippen LogP contribution in [0.15, 0.2) is 72.3 Å². The summed E-state index contributed by atoms with van der Waals surface area (Å²) in [6.07, 6.45) is 0.0908. The van der Waals surface area contributed by atoms with Crippen LogP contribution in [-0.4, -0.2) is 43.6 Å². The lowest BCUT2D eigenvalue weighted by molar-refractivity contribution is -0.142. The number of ether oxygens (including phenoxy) is 3. The lowest BCUT2D eigenvalue weighted by Crippen LogP contribution is -2.29. The van der Waals surface area contributed by atoms with Gasteiger partial charge in [-0.15, -0.1) is 0 Å². The van der Waals surface area contributed by atoms with Crippen LogP contribution in [0.4, 0.5) is 5.69 Å². The molecule has 3 aromatic carbocycles. The van der Waals surface area contributed by atoms with Crippen molar-refractivity contribution in [3.8, 4) is 11.5 Å². The van der Waals surface area contributed by atoms with Crippen LogP contribution in [-0.2, 0) is 25.5 Å². The van der Waals surface area contributed by atoms with Crippen molar-refractivity contribution in [2.75, 3.05) is 25.7 Å². The van der Waals surface area contributed by atoms with Gasteiger partial charge in [-0.2, -0.15) is 0 Å². The van der Waals surface area contributed by atoms with Gasteiger partial charge in [0.1, 0.15) is 5.76 Å². The maximum absolute atomic E-state index is 13.4. The number of aryl methyl sites for hydroxylation is 1. The van der Waals surface area contributed by atoms with Crippen molar-refractivity contribution in [2.24, 2.45) is 0 Å². The van der Waals surface area contributed by atoms with Gasteiger partial charge in [0, 0.05) is 11.3 Å². The normalized spacial score (nSPS) is 16.4. The highest BCUT2D eigenvalue weighted by Crippen LogP contribution is 2.43. The van der Waals surface area contributed by atoms with E-state index in [-0.39, 0.29) is 30.3 Å². The van der Waals surface area contributed by atoms with E-state index in [1.807, 2.05) is 31.2 Å². The van der Waals surface area contributed by atoms with E-state index < -0.39 is 17.7 Å². The van der Waals surface area contributed by atoms with Gasteiger partial charge in [0.15, 0.2) is 11.5 Å². The fourth-order valence-electron chi connectivity index (χ4n) is 4.55. The minimum atomic E-state index is -0.876. The van der Waals surface area contributed by atoms with Crippen LogP contribution < -0.4 is 14.4 Å². The number of hydrogen-bond donors (Lipinski definition) is 1. The quantitative estimate of drug-likeness (QED) is 0.200. The lowest BCUT2D eigenvalue weighted by Gasteiger charge is -2.26. The van der Waals surface area contributed by atoms with Crippen molar-refractivity contribution in [1.29, 1.82) is 0 Å². The highest BCUT2D eigenvalue weighted by Gasteiger charge is 2.47. The van der Waals surface area contributed by atoms with Crippen LogP contribution in [0.1, 0.15) is 35.2 Å². The molecule has 0 aliphatic carbocycles. The monoisotopic (exact) mass is 515 g/mol. The second-order valence-electron chi connectivity index (χ2n) is 8.80. The SMILES string of the molecule is CCOC(=O)Cc1ccc(N2C(=O)C(=O)/C(=C(\O)c3ccc(OC)c(OC)c3)C2c2cccc(C)c2)cc1. The Morgan fingerprint density at radius 1 is 0.947 bits per heavy atom. The number of Topliss-reactive ketones (excluding diaryl/α,β-unsaturated/α-hetero) is 1. The first-order valence-electron chi connectivity index (χ1n) is 12.1. The van der Waals surface area contributed by atoms with Gasteiger partial charge in [-0.25, -0.2) is 0 Å². The van der Waals surface area contributed by atoms with Gasteiger partial charge < -0.3 is 19.3 Å². The number of amides is 1. The van der Waals surface area contributed by atoms with Crippen molar-refractivity contribution < 1.29 is 33.7 Å². The third-order valence-corrected chi connectivity index (χ3v) is 6.33. The van der Waals surface area contributed by atoms with Crippen LogP contribution in [0.25, 0.3) is 5.76 Å². The Balaban J connectivity index is 1.83. The summed E-state index contributed by atoms with van der Waals surface area (Å²) in [5.41, 5.74) is 3.04. The zero-order valence-corrected chi connectivity index (χ0v) is 21.7. The number of esters is 1. The zero-order chi connectivity index (χ0) is 27.4. The number of aliphatic hydroxyl groups is 1. The van der Waals surface area contributed by atoms with Crippen molar-refractivity contribution >= 4 is 29.1 Å². The van der Waals surface area contributed by atoms with Crippen LogP contribution >= 0.6 is 0 Å². The molecule has 0 spiro atoms. The molecule has 1 fully saturated rings. The summed E-state index contributed by atoms with van der Waals surface area (Å²) >= 11 is 0. The fraction of sp³-hybridized carbons (Fsp3) is 0.233. The largest absolute Gasteiger partial charge is 0.507 e. The van der Waals surface area contributed by atoms with Crippen LogP contribution in [0.5, 0.6) is 11.5 Å². The third kappa shape index (κ3) is 5.11. The minimum absolute atomic E-state index is 0.0385. The van der Waals surface area contributed by atoms with E-state index in [0.717, 1.165) is 5.56 Å². The smallest absolute Gasteiger partial charge is 0.310 e. The average Bonchev–Trinajstić information content (AvgIpc) is 3.18. The molecule has 8 nitrogen and oxygen atoms in total. The molecule has 0 saturated carbocycles. The van der Waals surface area contributed by atoms with Crippen molar-refractivity contribution in [1.82, 2.24) is 0 Å². The topological polar surface area (TPSA) is 102 Å². The average molecular weight is 516 g/mol. The molecule has 0 aromatic heterocycles. The summed E-state index contributed by atoms with van der Waals surface area (Å²) in [5, 5.41) is 11.4. The maximum Gasteiger partial charge on any atom is 0.310 e. The summed E-state index contributed by atoms with van der Waals surface area (Å²) < 4.78 is 15.6. The van der Waals surface area contributed by atoms with Crippen molar-refractivity contribution in [2.45, 2.75) is 26.3 Å². The molecule has 1 unspecified atom stereocenters. The molecule has 1 saturated heterocycles. The number of benzene rings is 3. The summed E-state index contributed by atoms with van der Waals surface area (Å²) in [6, 6.07) is 18.1. The first-order valence-corrected chi connectivity index (χ1v) is 12.1. The third-order valence-electron chi connectivity index (χ3n) is 6.33. The Bertz CT molecular complexity index is 1410. The minimum Gasteiger partial charge on any atom is -0.507 e. The zero-order valence-electron chi connectivity index (χ0n) is 21.7. The van der Waals surface area contributed by atoms with E-state index in [9.17, 15) is 19.5 Å². The first kappa shape index (κ1) is 26.5. The van der Waals surface area contributed by atoms with Gasteiger partial charge in [0.05, 0.1) is 38.9 Å². The highest BCUT2D eigenvalue weighted by atomic mass is 16.5. The predicted molar refractivity (Wildman–Crippen MR) is 142 cm³/mol. The molecule has 1 aliphatic heterocycles. The van der Waals surface area contributed by atoms with Crippen molar-refractivity contribution in [3.63, 3.8) is 0 Å². The molecular formula is C30H29NO7. The van der Waals surface area contributed by atoms with Gasteiger partial charge in [-0.1, -0.05) is 42.0 Å². The molecule has 1 N–H and O–H groups in total. The molecule has 3 aromatic rings. The summed E-state index contributed by atoms with van der Waals surface area (Å²) in [5.74, 6) is -1.42. The van der Waals surface area contributed by atoms with E-state index in [1.165, 1.54) is 19.1 Å². The van der Waals surface area contributed by atoms with Gasteiger partial charge in [-0.05, 0) is 55.3 Å². The summed E-state index contributed by atoms with van der Waals surface area (Å²) in [4.78, 5) is 40.1. The molecule has 1 amide bonds. The van der Waals surface area contributed by atoms with E-state index in [1.54, 1.807) is 49.4 Å². The van der Waals surface area contributed by atoms with E-state index in [2.05, 4.69) is 0 Å². The summed E-state index contributed by atoms with van der Waals surface area (Å²) in [6.45, 7) is 3.94. The number of ketones is 1. The fourth-order valence-corrected chi connectivity index (χ4v) is 4.55. The Morgan fingerprint density at radius 2 is 1.66 bits per heavy atom. The predicted octanol–water partition coefficient (Wildman–Crippen LogP) is 4.74. The van der Waals surface area contributed by atoms with Gasteiger partial charge in [0.25, 0.3) is 11.7 Å². The number of rotatable bonds is 8. The van der Waals surface area contributed by atoms with Gasteiger partial charge in [-0.3, -0.25) is 19.3 Å². The molecule has 196 valence electrons. The first-order chi connectivity index (χ1) is 18.3. The van der Waals surface area contributed by atoms with Gasteiger partial charge in [0.2, 0.25) is 0 Å². The van der Waals surface area contributed by atoms with Crippen LogP contribution in [0, 0.1) is 6.92 Å². The standard InChI is InChI=1S/C30H29NO7/c1-5-38-25(32)16-19-9-12-22(13-10-19)31-27(20-8-6-7-18(2)15-20)26(29(34)30(31)35)28(33)21-11-14-23(36-3)24(17-21)37-4/h6-15,17,27,33H,5,16H2,1-4H3/b28-26-. The summed E-state index contributed by atoms with van der Waals surface area (Å²) in [7, 11) is 2.97. The molecule has 1 heterocycles. The molecule has 38 heavy (non-hydrogen) atoms. The number of methoxy groups -OCH3 is 2. The number of carbonyl (C=O) groups excluding carboxylic acids is 3. The van der Waals surface area contributed by atoms with E-state index in [0.29, 0.717) is 33.9 Å². The second kappa shape index (κ2) is 11.2. The number of carbonyl (C=O) groups is 3. The second-order valence-corrected chi connectivity index (χ2v) is 8.80. The molecule has 1 aliphatic rings. The number of nitrogens with zero attached hydrogens (tertiary/aromatic N) is 1. The van der Waals surface area contributed by atoms with Crippen LogP contribution in [0.3, 0.4) is 0 Å². The molecular weight excluding hydrogens is 486 g/mol. The van der Waals surface area contributed by atoms with E-state index in [4.69, 9.17) is 14.2 Å². The number of hydrogen-bond acceptors (Lipinski definition) is 7. The Hall–Kier alpha value is -4.59.